The predicted molar refractivity (Wildman–Crippen MR) is 114 cm³/mol. The topological polar surface area (TPSA) is 157 Å². The van der Waals surface area contributed by atoms with Gasteiger partial charge < -0.3 is 15.5 Å². The van der Waals surface area contributed by atoms with Crippen molar-refractivity contribution in [2.24, 2.45) is 0 Å². The maximum Gasteiger partial charge on any atom is 0.414 e. The van der Waals surface area contributed by atoms with Crippen molar-refractivity contribution in [1.29, 1.82) is 0 Å². The molecule has 32 heavy (non-hydrogen) atoms. The van der Waals surface area contributed by atoms with E-state index in [1.807, 2.05) is 18.2 Å². The molecular weight excluding hydrogens is 440 g/mol. The van der Waals surface area contributed by atoms with Crippen molar-refractivity contribution in [3.63, 3.8) is 0 Å². The fourth-order valence-corrected chi connectivity index (χ4v) is 4.33. The first-order valence-corrected chi connectivity index (χ1v) is 11.0. The van der Waals surface area contributed by atoms with E-state index in [1.54, 1.807) is 18.3 Å². The van der Waals surface area contributed by atoms with Crippen LogP contribution in [0.5, 0.6) is 0 Å². The van der Waals surface area contributed by atoms with Crippen molar-refractivity contribution in [3.8, 4) is 0 Å². The van der Waals surface area contributed by atoms with E-state index in [-0.39, 0.29) is 10.8 Å². The Labute approximate surface area is 185 Å². The number of carbonyl (C=O) groups is 3. The monoisotopic (exact) mass is 464 g/mol. The van der Waals surface area contributed by atoms with Crippen LogP contribution in [-0.4, -0.2) is 76.8 Å². The van der Waals surface area contributed by atoms with Crippen LogP contribution >= 0.6 is 0 Å². The Balaban J connectivity index is 0.000000534. The Morgan fingerprint density at radius 3 is 2.03 bits per heavy atom. The van der Waals surface area contributed by atoms with Gasteiger partial charge in [-0.15, -0.1) is 0 Å². The number of nitrogens with zero attached hydrogens (tertiary/aromatic N) is 3. The van der Waals surface area contributed by atoms with Crippen LogP contribution in [-0.2, 0) is 31.0 Å². The minimum Gasteiger partial charge on any atom is -0.473 e. The summed E-state index contributed by atoms with van der Waals surface area (Å²) in [4.78, 5) is 36.0. The molecule has 1 aromatic carbocycles. The molecule has 3 rings (SSSR count). The van der Waals surface area contributed by atoms with E-state index < -0.39 is 22.0 Å². The maximum atomic E-state index is 12.8. The summed E-state index contributed by atoms with van der Waals surface area (Å²) >= 11 is 0. The second-order valence-corrected chi connectivity index (χ2v) is 8.76. The number of carbonyl (C=O) groups excluding carboxylic acids is 1. The molecule has 2 heterocycles. The number of amides is 1. The van der Waals surface area contributed by atoms with Crippen LogP contribution in [0.1, 0.15) is 12.6 Å². The van der Waals surface area contributed by atoms with Gasteiger partial charge in [-0.05, 0) is 36.4 Å². The molecule has 1 saturated heterocycles. The molecule has 0 spiro atoms. The molecule has 1 aliphatic rings. The van der Waals surface area contributed by atoms with Crippen LogP contribution < -0.4 is 5.32 Å². The number of rotatable bonds is 5. The van der Waals surface area contributed by atoms with Crippen molar-refractivity contribution < 1.29 is 33.0 Å². The van der Waals surface area contributed by atoms with Crippen molar-refractivity contribution in [1.82, 2.24) is 14.2 Å². The second-order valence-electron chi connectivity index (χ2n) is 6.82. The number of pyridine rings is 1. The van der Waals surface area contributed by atoms with E-state index in [0.717, 1.165) is 12.2 Å². The zero-order chi connectivity index (χ0) is 23.7. The molecule has 1 aliphatic heterocycles. The number of aromatic nitrogens is 1. The third kappa shape index (κ3) is 7.41. The van der Waals surface area contributed by atoms with E-state index in [4.69, 9.17) is 19.8 Å². The molecule has 11 nitrogen and oxygen atoms in total. The average molecular weight is 465 g/mol. The van der Waals surface area contributed by atoms with Gasteiger partial charge in [0.25, 0.3) is 0 Å². The molecule has 3 N–H and O–H groups in total. The molecule has 1 amide bonds. The first-order chi connectivity index (χ1) is 15.1. The maximum absolute atomic E-state index is 12.8. The van der Waals surface area contributed by atoms with Gasteiger partial charge in [-0.3, -0.25) is 14.7 Å². The number of nitrogens with one attached hydrogen (secondary N) is 1. The highest BCUT2D eigenvalue weighted by Crippen LogP contribution is 2.20. The summed E-state index contributed by atoms with van der Waals surface area (Å²) in [5.74, 6) is -3.84. The summed E-state index contributed by atoms with van der Waals surface area (Å²) < 4.78 is 27.1. The highest BCUT2D eigenvalue weighted by molar-refractivity contribution is 7.89. The number of carboxylic acid groups (broad SMARTS) is 2. The molecule has 0 atom stereocenters. The van der Waals surface area contributed by atoms with Crippen LogP contribution in [0.2, 0.25) is 0 Å². The van der Waals surface area contributed by atoms with Gasteiger partial charge in [-0.25, -0.2) is 18.0 Å². The van der Waals surface area contributed by atoms with Gasteiger partial charge in [0, 0.05) is 51.5 Å². The number of hydrogen-bond donors (Lipinski definition) is 3. The zero-order valence-corrected chi connectivity index (χ0v) is 18.2. The SMILES string of the molecule is CC(=O)Nc1ccc(S(=O)(=O)N2CCN(Cc3ccccn3)CC2)cc1.O=C(O)C(=O)O. The quantitative estimate of drug-likeness (QED) is 0.542. The highest BCUT2D eigenvalue weighted by atomic mass is 32.2. The number of aliphatic carboxylic acids is 2. The normalized spacial score (nSPS) is 14.7. The molecule has 0 saturated carbocycles. The van der Waals surface area contributed by atoms with Crippen molar-refractivity contribution in [2.75, 3.05) is 31.5 Å². The van der Waals surface area contributed by atoms with Crippen molar-refractivity contribution in [3.05, 3.63) is 54.4 Å². The lowest BCUT2D eigenvalue weighted by atomic mass is 10.3. The largest absolute Gasteiger partial charge is 0.473 e. The van der Waals surface area contributed by atoms with E-state index in [9.17, 15) is 13.2 Å². The number of piperazine rings is 1. The third-order valence-corrected chi connectivity index (χ3v) is 6.35. The van der Waals surface area contributed by atoms with Crippen LogP contribution in [0.4, 0.5) is 5.69 Å². The standard InChI is InChI=1S/C18H22N4O3S.C2H2O4/c1-15(23)20-16-5-7-18(8-6-16)26(24,25)22-12-10-21(11-13-22)14-17-4-2-3-9-19-17;3-1(4)2(5)6/h2-9H,10-14H2,1H3,(H,20,23);(H,3,4)(H,5,6). The van der Waals surface area contributed by atoms with Crippen LogP contribution in [0.15, 0.2) is 53.6 Å². The molecule has 172 valence electrons. The smallest absolute Gasteiger partial charge is 0.414 e. The number of anilines is 1. The fourth-order valence-electron chi connectivity index (χ4n) is 2.91. The lowest BCUT2D eigenvalue weighted by Crippen LogP contribution is -2.48. The predicted octanol–water partition coefficient (Wildman–Crippen LogP) is 0.702. The Bertz CT molecular complexity index is 1020. The third-order valence-electron chi connectivity index (χ3n) is 4.44. The molecule has 12 heteroatoms. The van der Waals surface area contributed by atoms with Crippen LogP contribution in [0, 0.1) is 0 Å². The number of sulfonamides is 1. The minimum atomic E-state index is -3.53. The highest BCUT2D eigenvalue weighted by Gasteiger charge is 2.28. The lowest BCUT2D eigenvalue weighted by Gasteiger charge is -2.33. The number of benzene rings is 1. The Morgan fingerprint density at radius 1 is 0.969 bits per heavy atom. The molecule has 2 aromatic rings. The lowest BCUT2D eigenvalue weighted by molar-refractivity contribution is -0.159. The van der Waals surface area contributed by atoms with E-state index in [2.05, 4.69) is 15.2 Å². The summed E-state index contributed by atoms with van der Waals surface area (Å²) in [6, 6.07) is 12.1. The van der Waals surface area contributed by atoms with Gasteiger partial charge in [0.15, 0.2) is 0 Å². The van der Waals surface area contributed by atoms with Crippen molar-refractivity contribution >= 4 is 33.6 Å². The fraction of sp³-hybridized carbons (Fsp3) is 0.300. The summed E-state index contributed by atoms with van der Waals surface area (Å²) in [7, 11) is -3.53. The van der Waals surface area contributed by atoms with Crippen LogP contribution in [0.3, 0.4) is 0 Å². The molecule has 1 aromatic heterocycles. The molecule has 0 bridgehead atoms. The first-order valence-electron chi connectivity index (χ1n) is 9.56. The summed E-state index contributed by atoms with van der Waals surface area (Å²) in [6.45, 7) is 4.36. The van der Waals surface area contributed by atoms with E-state index in [1.165, 1.54) is 23.4 Å². The summed E-state index contributed by atoms with van der Waals surface area (Å²) in [5.41, 5.74) is 1.56. The Morgan fingerprint density at radius 2 is 1.56 bits per heavy atom. The van der Waals surface area contributed by atoms with Crippen molar-refractivity contribution in [2.45, 2.75) is 18.4 Å². The molecule has 0 aliphatic carbocycles. The van der Waals surface area contributed by atoms with Gasteiger partial charge in [0.05, 0.1) is 10.6 Å². The van der Waals surface area contributed by atoms with E-state index >= 15 is 0 Å². The van der Waals surface area contributed by atoms with Gasteiger partial charge in [0.2, 0.25) is 15.9 Å². The molecule has 0 radical (unpaired) electrons. The Hall–Kier alpha value is -3.35. The zero-order valence-electron chi connectivity index (χ0n) is 17.3. The van der Waals surface area contributed by atoms with Gasteiger partial charge >= 0.3 is 11.9 Å². The first kappa shape index (κ1) is 24.9. The summed E-state index contributed by atoms with van der Waals surface area (Å²) in [6.07, 6.45) is 1.76. The van der Waals surface area contributed by atoms with E-state index in [0.29, 0.717) is 31.9 Å². The Kier molecular flexibility index (Phi) is 8.81. The van der Waals surface area contributed by atoms with Gasteiger partial charge in [-0.1, -0.05) is 6.07 Å². The van der Waals surface area contributed by atoms with Gasteiger partial charge in [-0.2, -0.15) is 4.31 Å². The second kappa shape index (κ2) is 11.3. The molecule has 1 fully saturated rings. The number of carboxylic acids is 2. The number of hydrogen-bond acceptors (Lipinski definition) is 7. The summed E-state index contributed by atoms with van der Waals surface area (Å²) in [5, 5.41) is 17.4. The van der Waals surface area contributed by atoms with Crippen LogP contribution in [0.25, 0.3) is 0 Å². The van der Waals surface area contributed by atoms with Gasteiger partial charge in [0.1, 0.15) is 0 Å². The minimum absolute atomic E-state index is 0.190. The molecule has 0 unspecified atom stereocenters. The average Bonchev–Trinajstić information content (AvgIpc) is 2.75. The molecular formula is C20H24N4O7S.